The number of ether oxygens (including phenoxy) is 1. The summed E-state index contributed by atoms with van der Waals surface area (Å²) in [6.07, 6.45) is 0.291. The summed E-state index contributed by atoms with van der Waals surface area (Å²) in [5, 5.41) is 5.69. The van der Waals surface area contributed by atoms with E-state index in [1.54, 1.807) is 12.1 Å². The van der Waals surface area contributed by atoms with Gasteiger partial charge in [0.1, 0.15) is 6.61 Å². The summed E-state index contributed by atoms with van der Waals surface area (Å²) in [4.78, 5) is 22.8. The van der Waals surface area contributed by atoms with E-state index in [4.69, 9.17) is 22.1 Å². The summed E-state index contributed by atoms with van der Waals surface area (Å²) in [6, 6.07) is 3.31. The topological polar surface area (TPSA) is 93.4 Å². The van der Waals surface area contributed by atoms with Crippen molar-refractivity contribution in [3.05, 3.63) is 22.7 Å². The molecule has 0 unspecified atom stereocenters. The minimum atomic E-state index is -0.312. The monoisotopic (exact) mass is 283 g/mol. The normalized spacial score (nSPS) is 13.1. The van der Waals surface area contributed by atoms with Gasteiger partial charge in [0, 0.05) is 12.2 Å². The van der Waals surface area contributed by atoms with Crippen LogP contribution in [0.1, 0.15) is 5.56 Å². The minimum absolute atomic E-state index is 0.0816. The lowest BCUT2D eigenvalue weighted by Crippen LogP contribution is -2.21. The molecular formula is C12H14ClN3O3. The molecule has 102 valence electrons. The maximum absolute atomic E-state index is 11.6. The molecule has 19 heavy (non-hydrogen) atoms. The molecule has 1 heterocycles. The predicted molar refractivity (Wildman–Crippen MR) is 72.3 cm³/mol. The molecule has 2 amide bonds. The van der Waals surface area contributed by atoms with E-state index < -0.39 is 0 Å². The van der Waals surface area contributed by atoms with Crippen LogP contribution in [0.5, 0.6) is 0 Å². The number of carbonyl (C=O) groups excluding carboxylic acids is 2. The summed E-state index contributed by atoms with van der Waals surface area (Å²) >= 11 is 6.03. The first-order chi connectivity index (χ1) is 9.10. The molecule has 0 saturated heterocycles. The highest BCUT2D eigenvalue weighted by molar-refractivity contribution is 6.34. The van der Waals surface area contributed by atoms with Crippen molar-refractivity contribution >= 4 is 34.8 Å². The molecule has 0 fully saturated rings. The second kappa shape index (κ2) is 6.01. The Bertz CT molecular complexity index is 519. The third-order valence-corrected chi connectivity index (χ3v) is 2.90. The molecular weight excluding hydrogens is 270 g/mol. The van der Waals surface area contributed by atoms with Crippen LogP contribution in [-0.4, -0.2) is 31.6 Å². The Morgan fingerprint density at radius 1 is 1.53 bits per heavy atom. The van der Waals surface area contributed by atoms with Gasteiger partial charge in [-0.15, -0.1) is 0 Å². The molecule has 1 aromatic rings. The molecule has 0 saturated carbocycles. The Kier molecular flexibility index (Phi) is 4.36. The van der Waals surface area contributed by atoms with E-state index in [2.05, 4.69) is 10.6 Å². The molecule has 1 aliphatic heterocycles. The summed E-state index contributed by atoms with van der Waals surface area (Å²) < 4.78 is 5.02. The van der Waals surface area contributed by atoms with Gasteiger partial charge in [-0.3, -0.25) is 9.59 Å². The standard InChI is InChI=1S/C12H14ClN3O3/c13-8-5-9-7(4-11(17)15-9)3-10(8)16-12(18)6-19-2-1-14/h3,5H,1-2,4,6,14H2,(H,15,17)(H,16,18). The van der Waals surface area contributed by atoms with Gasteiger partial charge in [0.15, 0.2) is 0 Å². The molecule has 6 nitrogen and oxygen atoms in total. The maximum Gasteiger partial charge on any atom is 0.250 e. The van der Waals surface area contributed by atoms with E-state index >= 15 is 0 Å². The van der Waals surface area contributed by atoms with Gasteiger partial charge in [-0.1, -0.05) is 11.6 Å². The number of carbonyl (C=O) groups is 2. The Morgan fingerprint density at radius 2 is 2.32 bits per heavy atom. The molecule has 4 N–H and O–H groups in total. The second-order valence-electron chi connectivity index (χ2n) is 4.10. The molecule has 0 aliphatic carbocycles. The SMILES string of the molecule is NCCOCC(=O)Nc1cc2c(cc1Cl)NC(=O)C2. The van der Waals surface area contributed by atoms with Crippen molar-refractivity contribution in [1.29, 1.82) is 0 Å². The lowest BCUT2D eigenvalue weighted by Gasteiger charge is -2.09. The van der Waals surface area contributed by atoms with Crippen molar-refractivity contribution in [1.82, 2.24) is 0 Å². The zero-order valence-corrected chi connectivity index (χ0v) is 10.9. The molecule has 0 atom stereocenters. The van der Waals surface area contributed by atoms with E-state index in [1.165, 1.54) is 0 Å². The van der Waals surface area contributed by atoms with Gasteiger partial charge < -0.3 is 21.1 Å². The molecule has 1 aliphatic rings. The first kappa shape index (κ1) is 13.8. The van der Waals surface area contributed by atoms with Gasteiger partial charge in [-0.2, -0.15) is 0 Å². The highest BCUT2D eigenvalue weighted by Gasteiger charge is 2.20. The van der Waals surface area contributed by atoms with Gasteiger partial charge >= 0.3 is 0 Å². The fraction of sp³-hybridized carbons (Fsp3) is 0.333. The van der Waals surface area contributed by atoms with E-state index in [0.717, 1.165) is 5.56 Å². The van der Waals surface area contributed by atoms with Crippen LogP contribution in [0, 0.1) is 0 Å². The van der Waals surface area contributed by atoms with Crippen LogP contribution in [-0.2, 0) is 20.7 Å². The smallest absolute Gasteiger partial charge is 0.250 e. The second-order valence-corrected chi connectivity index (χ2v) is 4.51. The molecule has 0 radical (unpaired) electrons. The molecule has 2 rings (SSSR count). The molecule has 0 bridgehead atoms. The number of nitrogens with two attached hydrogens (primary N) is 1. The third-order valence-electron chi connectivity index (χ3n) is 2.59. The summed E-state index contributed by atoms with van der Waals surface area (Å²) in [5.74, 6) is -0.395. The van der Waals surface area contributed by atoms with Gasteiger partial charge in [0.25, 0.3) is 0 Å². The largest absolute Gasteiger partial charge is 0.370 e. The molecule has 0 spiro atoms. The number of nitrogens with one attached hydrogen (secondary N) is 2. The number of hydrogen-bond donors (Lipinski definition) is 3. The lowest BCUT2D eigenvalue weighted by molar-refractivity contribution is -0.120. The summed E-state index contributed by atoms with van der Waals surface area (Å²) in [7, 11) is 0. The van der Waals surface area contributed by atoms with Crippen molar-refractivity contribution in [3.8, 4) is 0 Å². The van der Waals surface area contributed by atoms with E-state index in [9.17, 15) is 9.59 Å². The fourth-order valence-corrected chi connectivity index (χ4v) is 1.99. The summed E-state index contributed by atoms with van der Waals surface area (Å²) in [6.45, 7) is 0.603. The Labute approximate surface area is 115 Å². The fourth-order valence-electron chi connectivity index (χ4n) is 1.78. The Morgan fingerprint density at radius 3 is 3.05 bits per heavy atom. The number of fused-ring (bicyclic) bond motifs is 1. The van der Waals surface area contributed by atoms with Crippen LogP contribution < -0.4 is 16.4 Å². The lowest BCUT2D eigenvalue weighted by atomic mass is 10.1. The number of amides is 2. The number of halogens is 1. The maximum atomic E-state index is 11.6. The molecule has 7 heteroatoms. The quantitative estimate of drug-likeness (QED) is 0.695. The first-order valence-electron chi connectivity index (χ1n) is 5.80. The average Bonchev–Trinajstić information content (AvgIpc) is 2.69. The van der Waals surface area contributed by atoms with E-state index in [-0.39, 0.29) is 18.4 Å². The molecule has 1 aromatic carbocycles. The minimum Gasteiger partial charge on any atom is -0.370 e. The zero-order chi connectivity index (χ0) is 13.8. The number of rotatable bonds is 5. The van der Waals surface area contributed by atoms with Gasteiger partial charge in [-0.05, 0) is 17.7 Å². The van der Waals surface area contributed by atoms with Crippen molar-refractivity contribution in [2.45, 2.75) is 6.42 Å². The van der Waals surface area contributed by atoms with E-state index in [0.29, 0.717) is 36.0 Å². The van der Waals surface area contributed by atoms with Crippen LogP contribution >= 0.6 is 11.6 Å². The van der Waals surface area contributed by atoms with Gasteiger partial charge in [-0.25, -0.2) is 0 Å². The van der Waals surface area contributed by atoms with Crippen LogP contribution in [0.25, 0.3) is 0 Å². The summed E-state index contributed by atoms with van der Waals surface area (Å²) in [5.41, 5.74) is 7.22. The van der Waals surface area contributed by atoms with Crippen molar-refractivity contribution in [3.63, 3.8) is 0 Å². The van der Waals surface area contributed by atoms with Crippen LogP contribution in [0.2, 0.25) is 5.02 Å². The molecule has 0 aromatic heterocycles. The third kappa shape index (κ3) is 3.44. The number of hydrogen-bond acceptors (Lipinski definition) is 4. The van der Waals surface area contributed by atoms with Crippen LogP contribution in [0.4, 0.5) is 11.4 Å². The number of anilines is 2. The van der Waals surface area contributed by atoms with E-state index in [1.807, 2.05) is 0 Å². The first-order valence-corrected chi connectivity index (χ1v) is 6.18. The van der Waals surface area contributed by atoms with Gasteiger partial charge in [0.05, 0.1) is 23.7 Å². The number of benzene rings is 1. The average molecular weight is 284 g/mol. The highest BCUT2D eigenvalue weighted by Crippen LogP contribution is 2.32. The van der Waals surface area contributed by atoms with Crippen molar-refractivity contribution in [2.24, 2.45) is 5.73 Å². The van der Waals surface area contributed by atoms with Crippen molar-refractivity contribution < 1.29 is 14.3 Å². The highest BCUT2D eigenvalue weighted by atomic mass is 35.5. The van der Waals surface area contributed by atoms with Gasteiger partial charge in [0.2, 0.25) is 11.8 Å². The zero-order valence-electron chi connectivity index (χ0n) is 10.2. The van der Waals surface area contributed by atoms with Crippen LogP contribution in [0.15, 0.2) is 12.1 Å². The Hall–Kier alpha value is -1.63. The van der Waals surface area contributed by atoms with Crippen molar-refractivity contribution in [2.75, 3.05) is 30.4 Å². The van der Waals surface area contributed by atoms with Crippen LogP contribution in [0.3, 0.4) is 0 Å². The Balaban J connectivity index is 2.03. The predicted octanol–water partition coefficient (Wildman–Crippen LogP) is 0.748.